The largest absolute Gasteiger partial charge is 0.382 e. The van der Waals surface area contributed by atoms with Crippen molar-refractivity contribution in [3.8, 4) is 11.3 Å². The van der Waals surface area contributed by atoms with Gasteiger partial charge in [0.15, 0.2) is 0 Å². The highest BCUT2D eigenvalue weighted by Gasteiger charge is 2.05. The summed E-state index contributed by atoms with van der Waals surface area (Å²) in [6.45, 7) is 3.97. The van der Waals surface area contributed by atoms with Crippen molar-refractivity contribution in [3.63, 3.8) is 0 Å². The van der Waals surface area contributed by atoms with Crippen LogP contribution in [0, 0.1) is 13.8 Å². The Kier molecular flexibility index (Phi) is 1.96. The van der Waals surface area contributed by atoms with Crippen LogP contribution in [0.3, 0.4) is 0 Å². The van der Waals surface area contributed by atoms with Crippen LogP contribution in [0.15, 0.2) is 18.3 Å². The minimum atomic E-state index is 0.508. The van der Waals surface area contributed by atoms with E-state index in [0.29, 0.717) is 5.82 Å². The highest BCUT2D eigenvalue weighted by atomic mass is 15.2. The molecule has 0 aliphatic carbocycles. The average Bonchev–Trinajstić information content (AvgIpc) is 2.56. The monoisotopic (exact) mass is 188 g/mol. The van der Waals surface area contributed by atoms with Crippen molar-refractivity contribution < 1.29 is 0 Å². The highest BCUT2D eigenvalue weighted by molar-refractivity contribution is 5.65. The lowest BCUT2D eigenvalue weighted by atomic mass is 10.1. The van der Waals surface area contributed by atoms with Crippen LogP contribution in [0.4, 0.5) is 5.82 Å². The SMILES string of the molecule is Cc1cc(-c2cc(N)n[nH]2)c(C)cn1. The quantitative estimate of drug-likeness (QED) is 0.715. The molecule has 2 aromatic rings. The molecule has 0 spiro atoms. The van der Waals surface area contributed by atoms with Gasteiger partial charge in [-0.15, -0.1) is 0 Å². The number of nitrogens with zero attached hydrogens (tertiary/aromatic N) is 2. The fourth-order valence-corrected chi connectivity index (χ4v) is 1.39. The lowest BCUT2D eigenvalue weighted by Crippen LogP contribution is -1.88. The van der Waals surface area contributed by atoms with E-state index in [9.17, 15) is 0 Å². The van der Waals surface area contributed by atoms with Gasteiger partial charge in [0, 0.05) is 23.5 Å². The van der Waals surface area contributed by atoms with Crippen LogP contribution >= 0.6 is 0 Å². The number of nitrogen functional groups attached to an aromatic ring is 1. The molecule has 0 aromatic carbocycles. The van der Waals surface area contributed by atoms with E-state index in [4.69, 9.17) is 5.73 Å². The van der Waals surface area contributed by atoms with Gasteiger partial charge >= 0.3 is 0 Å². The molecule has 0 amide bonds. The molecule has 3 N–H and O–H groups in total. The van der Waals surface area contributed by atoms with Crippen LogP contribution in [0.1, 0.15) is 11.3 Å². The standard InChI is InChI=1S/C10H12N4/c1-6-5-12-7(2)3-8(6)9-4-10(11)14-13-9/h3-5H,1-2H3,(H3,11,13,14). The predicted molar refractivity (Wildman–Crippen MR) is 55.7 cm³/mol. The van der Waals surface area contributed by atoms with Crippen LogP contribution in [0.25, 0.3) is 11.3 Å². The lowest BCUT2D eigenvalue weighted by Gasteiger charge is -2.02. The molecular formula is C10H12N4. The summed E-state index contributed by atoms with van der Waals surface area (Å²) >= 11 is 0. The van der Waals surface area contributed by atoms with E-state index in [0.717, 1.165) is 22.5 Å². The second-order valence-electron chi connectivity index (χ2n) is 3.35. The van der Waals surface area contributed by atoms with Gasteiger partial charge in [0.2, 0.25) is 0 Å². The number of aromatic nitrogens is 3. The summed E-state index contributed by atoms with van der Waals surface area (Å²) in [5, 5.41) is 6.78. The van der Waals surface area contributed by atoms with Gasteiger partial charge in [0.25, 0.3) is 0 Å². The summed E-state index contributed by atoms with van der Waals surface area (Å²) in [5.74, 6) is 0.508. The maximum atomic E-state index is 5.55. The number of aromatic amines is 1. The van der Waals surface area contributed by atoms with E-state index in [-0.39, 0.29) is 0 Å². The van der Waals surface area contributed by atoms with Gasteiger partial charge < -0.3 is 5.73 Å². The fraction of sp³-hybridized carbons (Fsp3) is 0.200. The summed E-state index contributed by atoms with van der Waals surface area (Å²) in [7, 11) is 0. The molecule has 2 rings (SSSR count). The number of hydrogen-bond donors (Lipinski definition) is 2. The summed E-state index contributed by atoms with van der Waals surface area (Å²) in [5.41, 5.74) is 9.68. The third-order valence-electron chi connectivity index (χ3n) is 2.13. The van der Waals surface area contributed by atoms with Crippen LogP contribution in [0.5, 0.6) is 0 Å². The Labute approximate surface area is 82.2 Å². The van der Waals surface area contributed by atoms with Gasteiger partial charge in [-0.2, -0.15) is 5.10 Å². The number of nitrogens with one attached hydrogen (secondary N) is 1. The smallest absolute Gasteiger partial charge is 0.145 e. The molecule has 4 heteroatoms. The first-order valence-electron chi connectivity index (χ1n) is 4.41. The molecule has 72 valence electrons. The summed E-state index contributed by atoms with van der Waals surface area (Å²) in [6, 6.07) is 3.84. The minimum absolute atomic E-state index is 0.508. The van der Waals surface area contributed by atoms with Gasteiger partial charge in [0.05, 0.1) is 5.69 Å². The normalized spacial score (nSPS) is 10.4. The van der Waals surface area contributed by atoms with Gasteiger partial charge in [0.1, 0.15) is 5.82 Å². The Balaban J connectivity index is 2.55. The molecule has 4 nitrogen and oxygen atoms in total. The van der Waals surface area contributed by atoms with Crippen molar-refractivity contribution in [2.75, 3.05) is 5.73 Å². The Hall–Kier alpha value is -1.84. The molecule has 0 radical (unpaired) electrons. The zero-order valence-electron chi connectivity index (χ0n) is 8.20. The number of rotatable bonds is 1. The Morgan fingerprint density at radius 2 is 2.07 bits per heavy atom. The highest BCUT2D eigenvalue weighted by Crippen LogP contribution is 2.22. The molecule has 0 bridgehead atoms. The fourth-order valence-electron chi connectivity index (χ4n) is 1.39. The first-order chi connectivity index (χ1) is 6.66. The first-order valence-corrected chi connectivity index (χ1v) is 4.41. The Bertz CT molecular complexity index is 459. The second-order valence-corrected chi connectivity index (χ2v) is 3.35. The maximum absolute atomic E-state index is 5.55. The van der Waals surface area contributed by atoms with Crippen molar-refractivity contribution in [2.24, 2.45) is 0 Å². The van der Waals surface area contributed by atoms with Crippen LogP contribution in [-0.2, 0) is 0 Å². The molecule has 0 aliphatic heterocycles. The number of pyridine rings is 1. The predicted octanol–water partition coefficient (Wildman–Crippen LogP) is 1.67. The molecular weight excluding hydrogens is 176 g/mol. The average molecular weight is 188 g/mol. The summed E-state index contributed by atoms with van der Waals surface area (Å²) in [6.07, 6.45) is 1.85. The van der Waals surface area contributed by atoms with Crippen molar-refractivity contribution in [3.05, 3.63) is 29.6 Å². The van der Waals surface area contributed by atoms with E-state index in [1.807, 2.05) is 32.2 Å². The molecule has 0 saturated heterocycles. The first kappa shape index (κ1) is 8.74. The van der Waals surface area contributed by atoms with E-state index in [1.165, 1.54) is 0 Å². The second kappa shape index (κ2) is 3.14. The van der Waals surface area contributed by atoms with Crippen LogP contribution in [0.2, 0.25) is 0 Å². The molecule has 0 aliphatic rings. The third kappa shape index (κ3) is 1.46. The topological polar surface area (TPSA) is 67.6 Å². The Morgan fingerprint density at radius 1 is 1.29 bits per heavy atom. The summed E-state index contributed by atoms with van der Waals surface area (Å²) < 4.78 is 0. The van der Waals surface area contributed by atoms with E-state index in [1.54, 1.807) is 0 Å². The molecule has 0 fully saturated rings. The molecule has 2 aromatic heterocycles. The van der Waals surface area contributed by atoms with Crippen molar-refractivity contribution >= 4 is 5.82 Å². The van der Waals surface area contributed by atoms with E-state index < -0.39 is 0 Å². The number of anilines is 1. The van der Waals surface area contributed by atoms with Crippen LogP contribution in [-0.4, -0.2) is 15.2 Å². The molecule has 0 atom stereocenters. The number of H-pyrrole nitrogens is 1. The van der Waals surface area contributed by atoms with Crippen LogP contribution < -0.4 is 5.73 Å². The van der Waals surface area contributed by atoms with Gasteiger partial charge in [-0.3, -0.25) is 10.1 Å². The number of hydrogen-bond acceptors (Lipinski definition) is 3. The Morgan fingerprint density at radius 3 is 2.71 bits per heavy atom. The summed E-state index contributed by atoms with van der Waals surface area (Å²) in [4.78, 5) is 4.21. The van der Waals surface area contributed by atoms with Crippen molar-refractivity contribution in [1.82, 2.24) is 15.2 Å². The van der Waals surface area contributed by atoms with Crippen molar-refractivity contribution in [1.29, 1.82) is 0 Å². The third-order valence-corrected chi connectivity index (χ3v) is 2.13. The minimum Gasteiger partial charge on any atom is -0.382 e. The number of nitrogens with two attached hydrogens (primary N) is 1. The van der Waals surface area contributed by atoms with Gasteiger partial charge in [-0.1, -0.05) is 0 Å². The van der Waals surface area contributed by atoms with Gasteiger partial charge in [-0.25, -0.2) is 0 Å². The maximum Gasteiger partial charge on any atom is 0.145 e. The van der Waals surface area contributed by atoms with Gasteiger partial charge in [-0.05, 0) is 25.5 Å². The molecule has 0 unspecified atom stereocenters. The zero-order chi connectivity index (χ0) is 10.1. The number of aryl methyl sites for hydroxylation is 2. The molecule has 0 saturated carbocycles. The zero-order valence-corrected chi connectivity index (χ0v) is 8.20. The van der Waals surface area contributed by atoms with Crippen molar-refractivity contribution in [2.45, 2.75) is 13.8 Å². The van der Waals surface area contributed by atoms with E-state index >= 15 is 0 Å². The van der Waals surface area contributed by atoms with E-state index in [2.05, 4.69) is 15.2 Å². The molecule has 14 heavy (non-hydrogen) atoms. The lowest BCUT2D eigenvalue weighted by molar-refractivity contribution is 1.09. The molecule has 2 heterocycles.